The number of hydrogen-bond acceptors (Lipinski definition) is 3. The van der Waals surface area contributed by atoms with E-state index in [2.05, 4.69) is 35.1 Å². The van der Waals surface area contributed by atoms with Crippen molar-refractivity contribution in [3.05, 3.63) is 100 Å². The fourth-order valence-corrected chi connectivity index (χ4v) is 4.35. The SMILES string of the molecule is CCNC(=O)[C@@H](Cc1ccccc1)N(Cc1ccccc1)C(=O)COc1ccc(C(C)C)cc1Br. The second-order valence-corrected chi connectivity index (χ2v) is 9.59. The fraction of sp³-hybridized carbons (Fsp3) is 0.310. The highest BCUT2D eigenvalue weighted by Crippen LogP contribution is 2.29. The lowest BCUT2D eigenvalue weighted by Gasteiger charge is -2.31. The van der Waals surface area contributed by atoms with Crippen LogP contribution in [0.3, 0.4) is 0 Å². The monoisotopic (exact) mass is 536 g/mol. The molecule has 0 fully saturated rings. The van der Waals surface area contributed by atoms with Gasteiger partial charge in [-0.3, -0.25) is 9.59 Å². The zero-order chi connectivity index (χ0) is 25.2. The molecule has 3 aromatic rings. The first kappa shape index (κ1) is 26.5. The van der Waals surface area contributed by atoms with Gasteiger partial charge < -0.3 is 15.0 Å². The Balaban J connectivity index is 1.86. The van der Waals surface area contributed by atoms with Gasteiger partial charge in [0.05, 0.1) is 4.47 Å². The van der Waals surface area contributed by atoms with E-state index < -0.39 is 6.04 Å². The maximum absolute atomic E-state index is 13.6. The third-order valence-electron chi connectivity index (χ3n) is 5.79. The molecular weight excluding hydrogens is 504 g/mol. The number of nitrogens with zero attached hydrogens (tertiary/aromatic N) is 1. The molecule has 35 heavy (non-hydrogen) atoms. The number of ether oxygens (including phenoxy) is 1. The molecule has 184 valence electrons. The number of amides is 2. The summed E-state index contributed by atoms with van der Waals surface area (Å²) in [5, 5.41) is 2.91. The van der Waals surface area contributed by atoms with E-state index in [9.17, 15) is 9.59 Å². The Morgan fingerprint density at radius 2 is 1.57 bits per heavy atom. The van der Waals surface area contributed by atoms with Crippen molar-refractivity contribution in [1.82, 2.24) is 10.2 Å². The minimum absolute atomic E-state index is 0.169. The Bertz CT molecular complexity index is 1100. The molecule has 0 aliphatic heterocycles. The van der Waals surface area contributed by atoms with Gasteiger partial charge in [0.2, 0.25) is 5.91 Å². The third-order valence-corrected chi connectivity index (χ3v) is 6.41. The second-order valence-electron chi connectivity index (χ2n) is 8.74. The minimum atomic E-state index is -0.666. The zero-order valence-electron chi connectivity index (χ0n) is 20.5. The van der Waals surface area contributed by atoms with Crippen molar-refractivity contribution < 1.29 is 14.3 Å². The molecule has 2 amide bonds. The molecule has 0 unspecified atom stereocenters. The average molecular weight is 537 g/mol. The standard InChI is InChI=1S/C29H33BrN2O3/c1-4-31-29(34)26(17-22-11-7-5-8-12-22)32(19-23-13-9-6-10-14-23)28(33)20-35-27-16-15-24(21(2)3)18-25(27)30/h5-16,18,21,26H,4,17,19-20H2,1-3H3,(H,31,34)/t26-/m1/s1. The quantitative estimate of drug-likeness (QED) is 0.340. The number of carbonyl (C=O) groups is 2. The molecule has 5 nitrogen and oxygen atoms in total. The van der Waals surface area contributed by atoms with Crippen molar-refractivity contribution in [2.45, 2.75) is 45.7 Å². The Morgan fingerprint density at radius 3 is 2.14 bits per heavy atom. The molecule has 0 bridgehead atoms. The first-order valence-corrected chi connectivity index (χ1v) is 12.8. The van der Waals surface area contributed by atoms with Gasteiger partial charge in [0, 0.05) is 19.5 Å². The van der Waals surface area contributed by atoms with Crippen molar-refractivity contribution in [2.24, 2.45) is 0 Å². The van der Waals surface area contributed by atoms with Crippen molar-refractivity contribution in [3.8, 4) is 5.75 Å². The van der Waals surface area contributed by atoms with Crippen LogP contribution in [-0.2, 0) is 22.6 Å². The normalized spacial score (nSPS) is 11.7. The fourth-order valence-electron chi connectivity index (χ4n) is 3.84. The van der Waals surface area contributed by atoms with E-state index in [1.807, 2.05) is 85.8 Å². The second kappa shape index (κ2) is 13.1. The van der Waals surface area contributed by atoms with Crippen LogP contribution in [0.2, 0.25) is 0 Å². The number of benzene rings is 3. The Hall–Kier alpha value is -3.12. The summed E-state index contributed by atoms with van der Waals surface area (Å²) in [6.45, 7) is 6.76. The predicted octanol–water partition coefficient (Wildman–Crippen LogP) is 5.73. The van der Waals surface area contributed by atoms with Gasteiger partial charge >= 0.3 is 0 Å². The van der Waals surface area contributed by atoms with Crippen molar-refractivity contribution >= 4 is 27.7 Å². The van der Waals surface area contributed by atoms with Crippen LogP contribution >= 0.6 is 15.9 Å². The lowest BCUT2D eigenvalue weighted by Crippen LogP contribution is -2.51. The Kier molecular flexibility index (Phi) is 9.91. The molecule has 0 saturated heterocycles. The van der Waals surface area contributed by atoms with Crippen LogP contribution in [0.1, 0.15) is 43.4 Å². The predicted molar refractivity (Wildman–Crippen MR) is 143 cm³/mol. The molecule has 0 spiro atoms. The van der Waals surface area contributed by atoms with Crippen LogP contribution in [0.4, 0.5) is 0 Å². The number of rotatable bonds is 11. The molecule has 0 saturated carbocycles. The molecule has 6 heteroatoms. The third kappa shape index (κ3) is 7.69. The van der Waals surface area contributed by atoms with E-state index in [-0.39, 0.29) is 18.4 Å². The maximum atomic E-state index is 13.6. The molecule has 0 aliphatic carbocycles. The van der Waals surface area contributed by atoms with Gasteiger partial charge in [-0.25, -0.2) is 0 Å². The van der Waals surface area contributed by atoms with Gasteiger partial charge in [-0.15, -0.1) is 0 Å². The summed E-state index contributed by atoms with van der Waals surface area (Å²) in [5.41, 5.74) is 3.12. The smallest absolute Gasteiger partial charge is 0.261 e. The molecule has 0 radical (unpaired) electrons. The number of likely N-dealkylation sites (N-methyl/N-ethyl adjacent to an activating group) is 1. The summed E-state index contributed by atoms with van der Waals surface area (Å²) in [7, 11) is 0. The molecule has 1 N–H and O–H groups in total. The van der Waals surface area contributed by atoms with Crippen LogP contribution in [-0.4, -0.2) is 35.9 Å². The van der Waals surface area contributed by atoms with Crippen LogP contribution in [0.25, 0.3) is 0 Å². The molecule has 0 aromatic heterocycles. The lowest BCUT2D eigenvalue weighted by atomic mass is 10.0. The Morgan fingerprint density at radius 1 is 0.943 bits per heavy atom. The number of halogens is 1. The van der Waals surface area contributed by atoms with Crippen molar-refractivity contribution in [2.75, 3.05) is 13.2 Å². The van der Waals surface area contributed by atoms with E-state index in [0.717, 1.165) is 15.6 Å². The summed E-state index contributed by atoms with van der Waals surface area (Å²) < 4.78 is 6.72. The molecular formula is C29H33BrN2O3. The van der Waals surface area contributed by atoms with Gasteiger partial charge in [-0.2, -0.15) is 0 Å². The van der Waals surface area contributed by atoms with E-state index in [1.165, 1.54) is 5.56 Å². The molecule has 3 aromatic carbocycles. The van der Waals surface area contributed by atoms with E-state index in [4.69, 9.17) is 4.74 Å². The summed E-state index contributed by atoms with van der Waals surface area (Å²) in [4.78, 5) is 28.3. The van der Waals surface area contributed by atoms with Gasteiger partial charge in [0.15, 0.2) is 6.61 Å². The van der Waals surface area contributed by atoms with E-state index in [1.54, 1.807) is 4.90 Å². The van der Waals surface area contributed by atoms with Crippen molar-refractivity contribution in [1.29, 1.82) is 0 Å². The van der Waals surface area contributed by atoms with Crippen molar-refractivity contribution in [3.63, 3.8) is 0 Å². The zero-order valence-corrected chi connectivity index (χ0v) is 22.1. The Labute approximate surface area is 216 Å². The summed E-state index contributed by atoms with van der Waals surface area (Å²) >= 11 is 3.56. The van der Waals surface area contributed by atoms with Gasteiger partial charge in [-0.05, 0) is 57.6 Å². The molecule has 3 rings (SSSR count). The van der Waals surface area contributed by atoms with Crippen LogP contribution in [0.15, 0.2) is 83.3 Å². The highest BCUT2D eigenvalue weighted by Gasteiger charge is 2.30. The van der Waals surface area contributed by atoms with E-state index in [0.29, 0.717) is 31.2 Å². The molecule has 1 atom stereocenters. The highest BCUT2D eigenvalue weighted by molar-refractivity contribution is 9.10. The topological polar surface area (TPSA) is 58.6 Å². The van der Waals surface area contributed by atoms with Crippen LogP contribution < -0.4 is 10.1 Å². The summed E-state index contributed by atoms with van der Waals surface area (Å²) in [6.07, 6.45) is 0.415. The largest absolute Gasteiger partial charge is 0.483 e. The minimum Gasteiger partial charge on any atom is -0.483 e. The van der Waals surface area contributed by atoms with Gasteiger partial charge in [0.1, 0.15) is 11.8 Å². The lowest BCUT2D eigenvalue weighted by molar-refractivity contribution is -0.142. The van der Waals surface area contributed by atoms with Gasteiger partial charge in [-0.1, -0.05) is 80.6 Å². The molecule has 0 heterocycles. The first-order chi connectivity index (χ1) is 16.9. The average Bonchev–Trinajstić information content (AvgIpc) is 2.86. The van der Waals surface area contributed by atoms with Crippen LogP contribution in [0.5, 0.6) is 5.75 Å². The first-order valence-electron chi connectivity index (χ1n) is 12.0. The van der Waals surface area contributed by atoms with Gasteiger partial charge in [0.25, 0.3) is 5.91 Å². The maximum Gasteiger partial charge on any atom is 0.261 e. The number of nitrogens with one attached hydrogen (secondary N) is 1. The van der Waals surface area contributed by atoms with Crippen LogP contribution in [0, 0.1) is 0 Å². The number of hydrogen-bond donors (Lipinski definition) is 1. The summed E-state index contributed by atoms with van der Waals surface area (Å²) in [5.74, 6) is 0.558. The van der Waals surface area contributed by atoms with E-state index >= 15 is 0 Å². The summed E-state index contributed by atoms with van der Waals surface area (Å²) in [6, 6.07) is 24.7. The highest BCUT2D eigenvalue weighted by atomic mass is 79.9. The number of carbonyl (C=O) groups excluding carboxylic acids is 2. The molecule has 0 aliphatic rings.